The van der Waals surface area contributed by atoms with E-state index in [-0.39, 0.29) is 18.0 Å². The van der Waals surface area contributed by atoms with Gasteiger partial charge in [-0.2, -0.15) is 5.10 Å². The van der Waals surface area contributed by atoms with E-state index in [1.54, 1.807) is 17.9 Å². The van der Waals surface area contributed by atoms with E-state index in [9.17, 15) is 8.42 Å². The highest BCUT2D eigenvalue weighted by molar-refractivity contribution is 7.89. The first-order chi connectivity index (χ1) is 8.92. The molecule has 2 heterocycles. The van der Waals surface area contributed by atoms with Crippen LogP contribution in [0.15, 0.2) is 22.5 Å². The normalized spacial score (nSPS) is 11.9. The van der Waals surface area contributed by atoms with Crippen molar-refractivity contribution in [3.8, 4) is 0 Å². The summed E-state index contributed by atoms with van der Waals surface area (Å²) < 4.78 is 28.3. The van der Waals surface area contributed by atoms with Crippen LogP contribution in [0.5, 0.6) is 0 Å². The minimum Gasteiger partial charge on any atom is -0.391 e. The molecule has 0 aliphatic rings. The van der Waals surface area contributed by atoms with E-state index in [1.165, 1.54) is 22.8 Å². The number of hydrogen-bond acceptors (Lipinski definition) is 5. The van der Waals surface area contributed by atoms with Crippen molar-refractivity contribution in [2.75, 3.05) is 0 Å². The second kappa shape index (κ2) is 5.41. The Morgan fingerprint density at radius 3 is 2.79 bits per heavy atom. The number of thiophene rings is 1. The summed E-state index contributed by atoms with van der Waals surface area (Å²) in [4.78, 5) is 0.807. The first-order valence-electron chi connectivity index (χ1n) is 5.59. The largest absolute Gasteiger partial charge is 0.391 e. The lowest BCUT2D eigenvalue weighted by molar-refractivity contribution is 0.285. The number of aliphatic hydroxyl groups excluding tert-OH is 1. The Bertz CT molecular complexity index is 673. The zero-order chi connectivity index (χ0) is 14.0. The molecule has 6 nitrogen and oxygen atoms in total. The first-order valence-corrected chi connectivity index (χ1v) is 7.95. The zero-order valence-electron chi connectivity index (χ0n) is 10.6. The Kier molecular flexibility index (Phi) is 4.04. The van der Waals surface area contributed by atoms with Crippen molar-refractivity contribution >= 4 is 21.4 Å². The number of nitrogens with one attached hydrogen (secondary N) is 1. The fourth-order valence-corrected chi connectivity index (χ4v) is 3.80. The summed E-state index contributed by atoms with van der Waals surface area (Å²) in [5.41, 5.74) is 1.63. The molecule has 19 heavy (non-hydrogen) atoms. The third-order valence-corrected chi connectivity index (χ3v) is 5.11. The lowest BCUT2D eigenvalue weighted by Crippen LogP contribution is -2.22. The molecule has 0 radical (unpaired) electrons. The Labute approximate surface area is 115 Å². The maximum Gasteiger partial charge on any atom is 0.241 e. The first kappa shape index (κ1) is 14.2. The van der Waals surface area contributed by atoms with E-state index in [2.05, 4.69) is 9.82 Å². The van der Waals surface area contributed by atoms with Crippen molar-refractivity contribution in [3.63, 3.8) is 0 Å². The summed E-state index contributed by atoms with van der Waals surface area (Å²) >= 11 is 1.22. The molecule has 0 amide bonds. The Hall–Kier alpha value is -1.22. The summed E-state index contributed by atoms with van der Waals surface area (Å²) in [5.74, 6) is 0. The second-order valence-corrected chi connectivity index (χ2v) is 6.91. The van der Waals surface area contributed by atoms with Crippen molar-refractivity contribution < 1.29 is 13.5 Å². The average Bonchev–Trinajstić information content (AvgIpc) is 2.94. The van der Waals surface area contributed by atoms with E-state index in [0.29, 0.717) is 4.88 Å². The molecule has 0 saturated heterocycles. The molecule has 0 aliphatic heterocycles. The van der Waals surface area contributed by atoms with E-state index in [0.717, 1.165) is 11.3 Å². The molecule has 0 bridgehead atoms. The minimum absolute atomic E-state index is 0.151. The monoisotopic (exact) mass is 301 g/mol. The summed E-state index contributed by atoms with van der Waals surface area (Å²) in [6.45, 7) is 1.88. The smallest absolute Gasteiger partial charge is 0.241 e. The van der Waals surface area contributed by atoms with Gasteiger partial charge in [0.05, 0.1) is 17.2 Å². The van der Waals surface area contributed by atoms with Crippen LogP contribution in [0.25, 0.3) is 0 Å². The minimum atomic E-state index is -3.54. The average molecular weight is 301 g/mol. The molecule has 2 aromatic rings. The molecule has 104 valence electrons. The highest BCUT2D eigenvalue weighted by Gasteiger charge is 2.16. The van der Waals surface area contributed by atoms with Crippen molar-refractivity contribution in [3.05, 3.63) is 33.8 Å². The summed E-state index contributed by atoms with van der Waals surface area (Å²) in [5, 5.41) is 14.6. The molecule has 0 saturated carbocycles. The summed E-state index contributed by atoms with van der Waals surface area (Å²) in [6.07, 6.45) is 1.78. The van der Waals surface area contributed by atoms with Crippen LogP contribution in [0.2, 0.25) is 0 Å². The standard InChI is InChI=1S/C11H15N3O3S2/c1-8-9(5-14(2)13-8)4-12-19(16,17)11-3-10(6-15)18-7-11/h3,5,7,12,15H,4,6H2,1-2H3. The number of nitrogens with zero attached hydrogens (tertiary/aromatic N) is 2. The van der Waals surface area contributed by atoms with Crippen LogP contribution >= 0.6 is 11.3 Å². The van der Waals surface area contributed by atoms with Gasteiger partial charge < -0.3 is 5.11 Å². The molecule has 0 spiro atoms. The molecule has 2 N–H and O–H groups in total. The Morgan fingerprint density at radius 2 is 2.26 bits per heavy atom. The topological polar surface area (TPSA) is 84.2 Å². The van der Waals surface area contributed by atoms with Gasteiger partial charge in [0, 0.05) is 35.6 Å². The zero-order valence-corrected chi connectivity index (χ0v) is 12.3. The van der Waals surface area contributed by atoms with Crippen LogP contribution in [0.1, 0.15) is 16.1 Å². The number of aromatic nitrogens is 2. The molecule has 8 heteroatoms. The fraction of sp³-hybridized carbons (Fsp3) is 0.364. The van der Waals surface area contributed by atoms with Crippen LogP contribution in [-0.4, -0.2) is 23.3 Å². The van der Waals surface area contributed by atoms with Crippen molar-refractivity contribution in [1.82, 2.24) is 14.5 Å². The third kappa shape index (κ3) is 3.21. The predicted octanol–water partition coefficient (Wildman–Crippen LogP) is 0.761. The summed E-state index contributed by atoms with van der Waals surface area (Å²) in [7, 11) is -1.75. The van der Waals surface area contributed by atoms with Crippen LogP contribution < -0.4 is 4.72 Å². The number of sulfonamides is 1. The van der Waals surface area contributed by atoms with Gasteiger partial charge in [0.15, 0.2) is 0 Å². The maximum atomic E-state index is 12.0. The molecule has 0 unspecified atom stereocenters. The van der Waals surface area contributed by atoms with Crippen LogP contribution in [0.3, 0.4) is 0 Å². The van der Waals surface area contributed by atoms with Gasteiger partial charge in [0.2, 0.25) is 10.0 Å². The van der Waals surface area contributed by atoms with Gasteiger partial charge in [0.25, 0.3) is 0 Å². The molecular formula is C11H15N3O3S2. The van der Waals surface area contributed by atoms with Gasteiger partial charge >= 0.3 is 0 Å². The molecule has 0 aliphatic carbocycles. The number of hydrogen-bond donors (Lipinski definition) is 2. The van der Waals surface area contributed by atoms with E-state index < -0.39 is 10.0 Å². The van der Waals surface area contributed by atoms with E-state index in [4.69, 9.17) is 5.11 Å². The van der Waals surface area contributed by atoms with E-state index >= 15 is 0 Å². The third-order valence-electron chi connectivity index (χ3n) is 2.66. The molecule has 0 atom stereocenters. The van der Waals surface area contributed by atoms with Crippen molar-refractivity contribution in [2.45, 2.75) is 25.0 Å². The molecule has 0 aromatic carbocycles. The Morgan fingerprint density at radius 1 is 1.53 bits per heavy atom. The number of aryl methyl sites for hydroxylation is 2. The maximum absolute atomic E-state index is 12.0. The van der Waals surface area contributed by atoms with Crippen LogP contribution in [-0.2, 0) is 30.2 Å². The van der Waals surface area contributed by atoms with Gasteiger partial charge in [-0.3, -0.25) is 4.68 Å². The highest BCUT2D eigenvalue weighted by Crippen LogP contribution is 2.19. The van der Waals surface area contributed by atoms with Crippen LogP contribution in [0.4, 0.5) is 0 Å². The molecular weight excluding hydrogens is 286 g/mol. The molecule has 0 fully saturated rings. The van der Waals surface area contributed by atoms with Gasteiger partial charge in [-0.1, -0.05) is 0 Å². The van der Waals surface area contributed by atoms with E-state index in [1.807, 2.05) is 6.92 Å². The lowest BCUT2D eigenvalue weighted by Gasteiger charge is -2.03. The Balaban J connectivity index is 2.11. The predicted molar refractivity (Wildman–Crippen MR) is 72.2 cm³/mol. The van der Waals surface area contributed by atoms with Crippen molar-refractivity contribution in [1.29, 1.82) is 0 Å². The SMILES string of the molecule is Cc1nn(C)cc1CNS(=O)(=O)c1csc(CO)c1. The highest BCUT2D eigenvalue weighted by atomic mass is 32.2. The fourth-order valence-electron chi connectivity index (χ4n) is 1.66. The summed E-state index contributed by atoms with van der Waals surface area (Å²) in [6, 6.07) is 1.48. The van der Waals surface area contributed by atoms with Gasteiger partial charge in [-0.05, 0) is 13.0 Å². The quantitative estimate of drug-likeness (QED) is 0.854. The van der Waals surface area contributed by atoms with Crippen molar-refractivity contribution in [2.24, 2.45) is 7.05 Å². The lowest BCUT2D eigenvalue weighted by atomic mass is 10.3. The number of rotatable bonds is 5. The molecule has 2 aromatic heterocycles. The van der Waals surface area contributed by atoms with Gasteiger partial charge in [-0.25, -0.2) is 13.1 Å². The number of aliphatic hydroxyl groups is 1. The van der Waals surface area contributed by atoms with Gasteiger partial charge in [0.1, 0.15) is 0 Å². The second-order valence-electron chi connectivity index (χ2n) is 4.14. The van der Waals surface area contributed by atoms with Gasteiger partial charge in [-0.15, -0.1) is 11.3 Å². The molecule has 2 rings (SSSR count). The van der Waals surface area contributed by atoms with Crippen LogP contribution in [0, 0.1) is 6.92 Å².